The molecule has 1 aromatic carbocycles. The highest BCUT2D eigenvalue weighted by Gasteiger charge is 2.47. The van der Waals surface area contributed by atoms with E-state index in [1.165, 1.54) is 12.8 Å². The number of hydrogen-bond acceptors (Lipinski definition) is 4. The van der Waals surface area contributed by atoms with Crippen LogP contribution < -0.4 is 9.47 Å². The first kappa shape index (κ1) is 20.5. The molecule has 0 spiro atoms. The zero-order chi connectivity index (χ0) is 18.7. The second-order valence-electron chi connectivity index (χ2n) is 8.05. The molecular weight excluding hydrogens is 431 g/mol. The van der Waals surface area contributed by atoms with Crippen LogP contribution in [0.25, 0.3) is 0 Å². The normalized spacial score (nSPS) is 20.2. The van der Waals surface area contributed by atoms with Crippen molar-refractivity contribution in [3.05, 3.63) is 24.3 Å². The lowest BCUT2D eigenvalue weighted by Gasteiger charge is -2.34. The minimum Gasteiger partial charge on any atom is -0.468 e. The lowest BCUT2D eigenvalue weighted by molar-refractivity contribution is -0.133. The molecule has 5 heteroatoms. The van der Waals surface area contributed by atoms with Gasteiger partial charge in [-0.3, -0.25) is 4.79 Å². The van der Waals surface area contributed by atoms with Crippen LogP contribution in [-0.2, 0) is 9.53 Å². The molecule has 0 bridgehead atoms. The maximum Gasteiger partial charge on any atom is 0.324 e. The van der Waals surface area contributed by atoms with Gasteiger partial charge in [0.25, 0.3) is 0 Å². The molecule has 1 atom stereocenters. The van der Waals surface area contributed by atoms with E-state index in [9.17, 15) is 4.79 Å². The second kappa shape index (κ2) is 8.25. The van der Waals surface area contributed by atoms with Gasteiger partial charge in [-0.15, -0.1) is 0 Å². The van der Waals surface area contributed by atoms with E-state index in [1.54, 1.807) is 24.3 Å². The molecule has 0 amide bonds. The smallest absolute Gasteiger partial charge is 0.324 e. The molecule has 140 valence electrons. The Morgan fingerprint density at radius 1 is 1.12 bits per heavy atom. The summed E-state index contributed by atoms with van der Waals surface area (Å²) >= 11 is 2.09. The molecule has 25 heavy (non-hydrogen) atoms. The van der Waals surface area contributed by atoms with E-state index in [-0.39, 0.29) is 33.6 Å². The highest BCUT2D eigenvalue weighted by atomic mass is 127. The van der Waals surface area contributed by atoms with Gasteiger partial charge in [-0.2, -0.15) is 0 Å². The molecule has 0 radical (unpaired) electrons. The molecule has 2 rings (SSSR count). The van der Waals surface area contributed by atoms with Crippen molar-refractivity contribution >= 4 is 28.6 Å². The first-order valence-corrected chi connectivity index (χ1v) is 10.1. The van der Waals surface area contributed by atoms with Crippen molar-refractivity contribution in [2.24, 2.45) is 10.8 Å². The molecule has 0 aliphatic heterocycles. The van der Waals surface area contributed by atoms with Crippen LogP contribution in [-0.4, -0.2) is 22.8 Å². The van der Waals surface area contributed by atoms with Crippen LogP contribution in [0.5, 0.6) is 11.5 Å². The molecule has 4 nitrogen and oxygen atoms in total. The van der Waals surface area contributed by atoms with Crippen LogP contribution in [0.1, 0.15) is 53.9 Å². The Balaban J connectivity index is 1.85. The average Bonchev–Trinajstić information content (AvgIpc) is 2.77. The van der Waals surface area contributed by atoms with Crippen LogP contribution in [0.3, 0.4) is 0 Å². The van der Waals surface area contributed by atoms with Gasteiger partial charge in [0.05, 0.1) is 6.10 Å². The highest BCUT2D eigenvalue weighted by molar-refractivity contribution is 14.1. The van der Waals surface area contributed by atoms with E-state index in [2.05, 4.69) is 50.3 Å². The number of esters is 1. The van der Waals surface area contributed by atoms with Crippen molar-refractivity contribution in [3.8, 4) is 11.5 Å². The van der Waals surface area contributed by atoms with E-state index in [4.69, 9.17) is 14.2 Å². The molecule has 1 aromatic rings. The number of carbonyl (C=O) groups is 1. The quantitative estimate of drug-likeness (QED) is 0.180. The molecule has 0 heterocycles. The Morgan fingerprint density at radius 2 is 1.64 bits per heavy atom. The van der Waals surface area contributed by atoms with E-state index >= 15 is 0 Å². The van der Waals surface area contributed by atoms with E-state index in [0.717, 1.165) is 6.42 Å². The second-order valence-corrected chi connectivity index (χ2v) is 9.56. The van der Waals surface area contributed by atoms with Crippen LogP contribution in [0, 0.1) is 10.8 Å². The fraction of sp³-hybridized carbons (Fsp3) is 0.650. The summed E-state index contributed by atoms with van der Waals surface area (Å²) in [4.78, 5) is 11.8. The van der Waals surface area contributed by atoms with Crippen molar-refractivity contribution in [2.45, 2.75) is 63.9 Å². The molecular formula is C20H29IO4. The van der Waals surface area contributed by atoms with Gasteiger partial charge in [-0.1, -0.05) is 57.2 Å². The minimum absolute atomic E-state index is 0.125. The van der Waals surface area contributed by atoms with Gasteiger partial charge in [0.15, 0.2) is 6.79 Å². The third-order valence-corrected chi connectivity index (χ3v) is 6.34. The van der Waals surface area contributed by atoms with Crippen LogP contribution in [0.15, 0.2) is 24.3 Å². The molecule has 1 aliphatic carbocycles. The van der Waals surface area contributed by atoms with E-state index in [1.807, 2.05) is 6.92 Å². The van der Waals surface area contributed by atoms with Gasteiger partial charge in [0, 0.05) is 0 Å². The molecule has 1 unspecified atom stereocenters. The molecule has 0 aromatic heterocycles. The largest absolute Gasteiger partial charge is 0.468 e. The van der Waals surface area contributed by atoms with Gasteiger partial charge < -0.3 is 14.2 Å². The van der Waals surface area contributed by atoms with Crippen molar-refractivity contribution in [1.82, 2.24) is 0 Å². The van der Waals surface area contributed by atoms with Gasteiger partial charge in [0.1, 0.15) is 15.4 Å². The summed E-state index contributed by atoms with van der Waals surface area (Å²) < 4.78 is 17.0. The van der Waals surface area contributed by atoms with Gasteiger partial charge in [0.2, 0.25) is 0 Å². The molecule has 1 aliphatic rings. The first-order valence-electron chi connectivity index (χ1n) is 8.86. The number of hydrogen-bond donors (Lipinski definition) is 0. The Bertz CT molecular complexity index is 564. The number of alkyl halides is 1. The first-order chi connectivity index (χ1) is 11.7. The number of ether oxygens (including phenoxy) is 3. The van der Waals surface area contributed by atoms with Crippen LogP contribution in [0.2, 0.25) is 0 Å². The molecule has 1 fully saturated rings. The minimum atomic E-state index is -0.217. The lowest BCUT2D eigenvalue weighted by atomic mass is 9.81. The fourth-order valence-electron chi connectivity index (χ4n) is 3.54. The summed E-state index contributed by atoms with van der Waals surface area (Å²) in [6, 6.07) is 7.08. The third kappa shape index (κ3) is 5.33. The summed E-state index contributed by atoms with van der Waals surface area (Å²) in [6.45, 7) is 11.2. The number of rotatable bonds is 7. The summed E-state index contributed by atoms with van der Waals surface area (Å²) in [5.74, 6) is 1.02. The van der Waals surface area contributed by atoms with Crippen molar-refractivity contribution in [3.63, 3.8) is 0 Å². The Morgan fingerprint density at radius 3 is 2.16 bits per heavy atom. The van der Waals surface area contributed by atoms with Gasteiger partial charge in [-0.25, -0.2) is 0 Å². The topological polar surface area (TPSA) is 44.8 Å². The summed E-state index contributed by atoms with van der Waals surface area (Å²) in [6.07, 6.45) is 3.27. The van der Waals surface area contributed by atoms with Crippen molar-refractivity contribution in [2.75, 3.05) is 6.79 Å². The van der Waals surface area contributed by atoms with Crippen LogP contribution in [0.4, 0.5) is 0 Å². The van der Waals surface area contributed by atoms with Gasteiger partial charge in [-0.05, 0) is 54.4 Å². The predicted molar refractivity (Wildman–Crippen MR) is 107 cm³/mol. The maximum absolute atomic E-state index is 11.8. The Labute approximate surface area is 164 Å². The predicted octanol–water partition coefficient (Wildman–Crippen LogP) is 5.37. The number of halogens is 1. The monoisotopic (exact) mass is 460 g/mol. The van der Waals surface area contributed by atoms with Crippen molar-refractivity contribution in [1.29, 1.82) is 0 Å². The third-order valence-electron chi connectivity index (χ3n) is 4.95. The highest BCUT2D eigenvalue weighted by Crippen LogP contribution is 2.50. The SMILES string of the molecule is CCC(I)C(=O)Oc1ccc(OCOC2C(C)(C)CCC2(C)C)cc1. The summed E-state index contributed by atoms with van der Waals surface area (Å²) in [5.41, 5.74) is 0.334. The summed E-state index contributed by atoms with van der Waals surface area (Å²) in [5, 5.41) is 0. The number of carbonyl (C=O) groups excluding carboxylic acids is 1. The standard InChI is InChI=1S/C20H29IO4/c1-6-16(21)17(22)25-15-9-7-14(8-10-15)23-13-24-18-19(2,3)11-12-20(18,4)5/h7-10,16,18H,6,11-13H2,1-5H3. The zero-order valence-electron chi connectivity index (χ0n) is 15.8. The zero-order valence-corrected chi connectivity index (χ0v) is 18.0. The number of benzene rings is 1. The van der Waals surface area contributed by atoms with E-state index in [0.29, 0.717) is 11.5 Å². The summed E-state index contributed by atoms with van der Waals surface area (Å²) in [7, 11) is 0. The molecule has 1 saturated carbocycles. The lowest BCUT2D eigenvalue weighted by Crippen LogP contribution is -2.37. The fourth-order valence-corrected chi connectivity index (χ4v) is 3.66. The van der Waals surface area contributed by atoms with Crippen molar-refractivity contribution < 1.29 is 19.0 Å². The van der Waals surface area contributed by atoms with Gasteiger partial charge >= 0.3 is 5.97 Å². The van der Waals surface area contributed by atoms with E-state index < -0.39 is 0 Å². The maximum atomic E-state index is 11.8. The Hall–Kier alpha value is -0.820. The molecule has 0 saturated heterocycles. The Kier molecular flexibility index (Phi) is 6.76. The van der Waals surface area contributed by atoms with Crippen LogP contribution >= 0.6 is 22.6 Å². The average molecular weight is 460 g/mol. The molecule has 0 N–H and O–H groups in total.